The summed E-state index contributed by atoms with van der Waals surface area (Å²) in [6.07, 6.45) is 2.46. The quantitative estimate of drug-likeness (QED) is 0.664. The number of carboxylic acids is 1. The van der Waals surface area contributed by atoms with Gasteiger partial charge in [-0.05, 0) is 24.6 Å². The van der Waals surface area contributed by atoms with Crippen LogP contribution in [-0.4, -0.2) is 16.1 Å². The molecule has 1 rings (SSSR count). The van der Waals surface area contributed by atoms with Crippen LogP contribution >= 0.6 is 0 Å². The van der Waals surface area contributed by atoms with Gasteiger partial charge >= 0.3 is 5.97 Å². The van der Waals surface area contributed by atoms with Crippen molar-refractivity contribution in [2.45, 2.75) is 6.92 Å². The number of carbonyl (C=O) groups is 1. The molecule has 0 radical (unpaired) electrons. The Morgan fingerprint density at radius 3 is 2.92 bits per heavy atom. The number of nitrogen functional groups attached to an aromatic ring is 1. The van der Waals surface area contributed by atoms with E-state index in [1.807, 2.05) is 6.92 Å². The lowest BCUT2D eigenvalue weighted by Gasteiger charge is -1.99. The van der Waals surface area contributed by atoms with Crippen LogP contribution in [-0.2, 0) is 4.79 Å². The second-order valence-electron chi connectivity index (χ2n) is 2.61. The molecule has 1 heterocycles. The van der Waals surface area contributed by atoms with Gasteiger partial charge in [0.1, 0.15) is 5.82 Å². The van der Waals surface area contributed by atoms with E-state index in [9.17, 15) is 4.79 Å². The van der Waals surface area contributed by atoms with E-state index in [2.05, 4.69) is 4.98 Å². The molecule has 4 nitrogen and oxygen atoms in total. The molecule has 0 atom stereocenters. The maximum absolute atomic E-state index is 10.2. The molecular weight excluding hydrogens is 168 g/mol. The fourth-order valence-corrected chi connectivity index (χ4v) is 0.879. The van der Waals surface area contributed by atoms with E-state index in [1.54, 1.807) is 12.1 Å². The van der Waals surface area contributed by atoms with Crippen molar-refractivity contribution in [1.29, 1.82) is 0 Å². The summed E-state index contributed by atoms with van der Waals surface area (Å²) in [6, 6.07) is 3.47. The van der Waals surface area contributed by atoms with Crippen LogP contribution in [0.2, 0.25) is 0 Å². The number of aliphatic carboxylic acids is 1. The van der Waals surface area contributed by atoms with Gasteiger partial charge in [0.05, 0.1) is 5.69 Å². The van der Waals surface area contributed by atoms with Crippen LogP contribution in [0.1, 0.15) is 11.3 Å². The van der Waals surface area contributed by atoms with E-state index in [4.69, 9.17) is 10.8 Å². The molecule has 0 amide bonds. The van der Waals surface area contributed by atoms with Crippen LogP contribution in [0.5, 0.6) is 0 Å². The smallest absolute Gasteiger partial charge is 0.328 e. The third-order valence-electron chi connectivity index (χ3n) is 1.54. The lowest BCUT2D eigenvalue weighted by Crippen LogP contribution is -1.94. The Morgan fingerprint density at radius 1 is 1.62 bits per heavy atom. The molecule has 4 heteroatoms. The molecule has 13 heavy (non-hydrogen) atoms. The fraction of sp³-hybridized carbons (Fsp3) is 0.111. The third kappa shape index (κ3) is 2.59. The number of carboxylic acid groups (broad SMARTS) is 1. The molecule has 1 aromatic heterocycles. The molecule has 0 unspecified atom stereocenters. The fourth-order valence-electron chi connectivity index (χ4n) is 0.879. The van der Waals surface area contributed by atoms with Gasteiger partial charge in [-0.15, -0.1) is 0 Å². The van der Waals surface area contributed by atoms with Crippen LogP contribution in [0.4, 0.5) is 5.82 Å². The van der Waals surface area contributed by atoms with Gasteiger partial charge < -0.3 is 10.8 Å². The number of nitrogens with two attached hydrogens (primary N) is 1. The molecule has 0 fully saturated rings. The van der Waals surface area contributed by atoms with Crippen LogP contribution in [0.15, 0.2) is 18.2 Å². The molecule has 0 bridgehead atoms. The first-order valence-corrected chi connectivity index (χ1v) is 3.73. The Labute approximate surface area is 75.7 Å². The molecule has 0 saturated heterocycles. The Bertz CT molecular complexity index is 359. The zero-order valence-corrected chi connectivity index (χ0v) is 7.19. The Morgan fingerprint density at radius 2 is 2.31 bits per heavy atom. The van der Waals surface area contributed by atoms with Gasteiger partial charge in [0.25, 0.3) is 0 Å². The first-order valence-electron chi connectivity index (χ1n) is 3.73. The maximum Gasteiger partial charge on any atom is 0.328 e. The molecule has 0 aliphatic carbocycles. The zero-order chi connectivity index (χ0) is 9.84. The average Bonchev–Trinajstić information content (AvgIpc) is 2.06. The van der Waals surface area contributed by atoms with E-state index in [0.29, 0.717) is 11.5 Å². The summed E-state index contributed by atoms with van der Waals surface area (Å²) in [4.78, 5) is 14.2. The molecule has 1 aromatic rings. The van der Waals surface area contributed by atoms with Crippen LogP contribution < -0.4 is 5.73 Å². The van der Waals surface area contributed by atoms with E-state index in [-0.39, 0.29) is 0 Å². The highest BCUT2D eigenvalue weighted by Gasteiger charge is 1.96. The van der Waals surface area contributed by atoms with Gasteiger partial charge in [-0.3, -0.25) is 0 Å². The van der Waals surface area contributed by atoms with Crippen molar-refractivity contribution in [3.63, 3.8) is 0 Å². The van der Waals surface area contributed by atoms with E-state index in [0.717, 1.165) is 11.6 Å². The highest BCUT2D eigenvalue weighted by Crippen LogP contribution is 2.09. The summed E-state index contributed by atoms with van der Waals surface area (Å²) in [5.41, 5.74) is 6.92. The number of aromatic nitrogens is 1. The second kappa shape index (κ2) is 3.71. The molecule has 0 aromatic carbocycles. The third-order valence-corrected chi connectivity index (χ3v) is 1.54. The van der Waals surface area contributed by atoms with Crippen molar-refractivity contribution in [2.75, 3.05) is 5.73 Å². The summed E-state index contributed by atoms with van der Waals surface area (Å²) < 4.78 is 0. The van der Waals surface area contributed by atoms with Gasteiger partial charge in [0, 0.05) is 6.08 Å². The van der Waals surface area contributed by atoms with Crippen molar-refractivity contribution in [1.82, 2.24) is 4.98 Å². The Balaban J connectivity index is 3.00. The number of pyridine rings is 1. The number of aryl methyl sites for hydroxylation is 1. The van der Waals surface area contributed by atoms with Gasteiger partial charge in [-0.2, -0.15) is 0 Å². The molecule has 0 aliphatic heterocycles. The number of anilines is 1. The summed E-state index contributed by atoms with van der Waals surface area (Å²) >= 11 is 0. The van der Waals surface area contributed by atoms with Gasteiger partial charge in [-0.1, -0.05) is 6.07 Å². The first-order chi connectivity index (χ1) is 6.09. The highest BCUT2D eigenvalue weighted by atomic mass is 16.4. The topological polar surface area (TPSA) is 76.2 Å². The number of hydrogen-bond donors (Lipinski definition) is 2. The summed E-state index contributed by atoms with van der Waals surface area (Å²) in [6.45, 7) is 1.84. The standard InChI is InChI=1S/C9H10N2O2/c1-6-2-4-8(10)11-7(6)3-5-9(12)13/h2-5H,1H3,(H2,10,11)(H,12,13). The van der Waals surface area contributed by atoms with Crippen molar-refractivity contribution >= 4 is 17.9 Å². The SMILES string of the molecule is Cc1ccc(N)nc1C=CC(=O)O. The number of rotatable bonds is 2. The number of hydrogen-bond acceptors (Lipinski definition) is 3. The van der Waals surface area contributed by atoms with Gasteiger partial charge in [0.2, 0.25) is 0 Å². The molecule has 0 saturated carbocycles. The summed E-state index contributed by atoms with van der Waals surface area (Å²) in [5.74, 6) is -0.612. The Hall–Kier alpha value is -1.84. The van der Waals surface area contributed by atoms with Crippen molar-refractivity contribution in [3.8, 4) is 0 Å². The molecular formula is C9H10N2O2. The van der Waals surface area contributed by atoms with Crippen molar-refractivity contribution in [2.24, 2.45) is 0 Å². The lowest BCUT2D eigenvalue weighted by atomic mass is 10.2. The Kier molecular flexibility index (Phi) is 2.64. The van der Waals surface area contributed by atoms with Crippen LogP contribution in [0, 0.1) is 6.92 Å². The lowest BCUT2D eigenvalue weighted by molar-refractivity contribution is -0.131. The molecule has 68 valence electrons. The van der Waals surface area contributed by atoms with E-state index in [1.165, 1.54) is 6.08 Å². The highest BCUT2D eigenvalue weighted by molar-refractivity contribution is 5.85. The van der Waals surface area contributed by atoms with Crippen molar-refractivity contribution < 1.29 is 9.90 Å². The van der Waals surface area contributed by atoms with Crippen LogP contribution in [0.25, 0.3) is 6.08 Å². The van der Waals surface area contributed by atoms with E-state index >= 15 is 0 Å². The monoisotopic (exact) mass is 178 g/mol. The predicted octanol–water partition coefficient (Wildman–Crippen LogP) is 1.07. The molecule has 3 N–H and O–H groups in total. The minimum absolute atomic E-state index is 0.385. The summed E-state index contributed by atoms with van der Waals surface area (Å²) in [5, 5.41) is 8.39. The average molecular weight is 178 g/mol. The zero-order valence-electron chi connectivity index (χ0n) is 7.19. The second-order valence-corrected chi connectivity index (χ2v) is 2.61. The van der Waals surface area contributed by atoms with Crippen LogP contribution in [0.3, 0.4) is 0 Å². The van der Waals surface area contributed by atoms with Gasteiger partial charge in [0.15, 0.2) is 0 Å². The number of nitrogens with zero attached hydrogens (tertiary/aromatic N) is 1. The van der Waals surface area contributed by atoms with Crippen molar-refractivity contribution in [3.05, 3.63) is 29.5 Å². The molecule has 0 aliphatic rings. The normalized spacial score (nSPS) is 10.5. The maximum atomic E-state index is 10.2. The largest absolute Gasteiger partial charge is 0.478 e. The molecule has 0 spiro atoms. The summed E-state index contributed by atoms with van der Waals surface area (Å²) in [7, 11) is 0. The minimum atomic E-state index is -0.997. The first kappa shape index (κ1) is 9.25. The predicted molar refractivity (Wildman–Crippen MR) is 50.1 cm³/mol. The minimum Gasteiger partial charge on any atom is -0.478 e. The van der Waals surface area contributed by atoms with Gasteiger partial charge in [-0.25, -0.2) is 9.78 Å². The van der Waals surface area contributed by atoms with E-state index < -0.39 is 5.97 Å².